The molecule has 0 spiro atoms. The summed E-state index contributed by atoms with van der Waals surface area (Å²) >= 11 is 0. The normalized spacial score (nSPS) is 11.8. The Hall–Kier alpha value is -3.08. The van der Waals surface area contributed by atoms with E-state index in [1.165, 1.54) is 0 Å². The molecule has 1 heterocycles. The van der Waals surface area contributed by atoms with Crippen molar-refractivity contribution in [1.29, 1.82) is 0 Å². The average molecular weight is 363 g/mol. The predicted octanol–water partition coefficient (Wildman–Crippen LogP) is 4.08. The van der Waals surface area contributed by atoms with E-state index in [4.69, 9.17) is 4.74 Å². The summed E-state index contributed by atoms with van der Waals surface area (Å²) in [6.07, 6.45) is 4.64. The van der Waals surface area contributed by atoms with E-state index in [1.807, 2.05) is 54.7 Å². The highest BCUT2D eigenvalue weighted by Crippen LogP contribution is 2.28. The lowest BCUT2D eigenvalue weighted by molar-refractivity contribution is -0.123. The van der Waals surface area contributed by atoms with E-state index in [9.17, 15) is 4.79 Å². The number of ether oxygens (including phenoxy) is 1. The summed E-state index contributed by atoms with van der Waals surface area (Å²) in [7, 11) is 0. The van der Waals surface area contributed by atoms with Crippen LogP contribution in [0, 0.1) is 0 Å². The van der Waals surface area contributed by atoms with Crippen molar-refractivity contribution in [2.24, 2.45) is 0 Å². The Kier molecular flexibility index (Phi) is 6.26. The third-order valence-corrected chi connectivity index (χ3v) is 4.64. The van der Waals surface area contributed by atoms with Gasteiger partial charge in [-0.2, -0.15) is 5.10 Å². The highest BCUT2D eigenvalue weighted by Gasteiger charge is 2.12. The van der Waals surface area contributed by atoms with E-state index in [2.05, 4.69) is 30.3 Å². The predicted molar refractivity (Wildman–Crippen MR) is 106 cm³/mol. The lowest BCUT2D eigenvalue weighted by atomic mass is 9.98. The maximum absolute atomic E-state index is 12.3. The molecule has 1 atom stereocenters. The molecule has 3 rings (SSSR count). The van der Waals surface area contributed by atoms with Crippen LogP contribution in [0.5, 0.6) is 5.75 Å². The Bertz CT molecular complexity index is 875. The van der Waals surface area contributed by atoms with Crippen molar-refractivity contribution in [2.45, 2.75) is 32.7 Å². The molecule has 1 amide bonds. The molecule has 0 aliphatic carbocycles. The van der Waals surface area contributed by atoms with Crippen LogP contribution in [0.1, 0.15) is 37.3 Å². The van der Waals surface area contributed by atoms with E-state index in [1.54, 1.807) is 10.9 Å². The van der Waals surface area contributed by atoms with Gasteiger partial charge in [-0.15, -0.1) is 0 Å². The maximum atomic E-state index is 12.3. The smallest absolute Gasteiger partial charge is 0.258 e. The lowest BCUT2D eigenvalue weighted by Gasteiger charge is -2.16. The zero-order valence-corrected chi connectivity index (χ0v) is 15.8. The summed E-state index contributed by atoms with van der Waals surface area (Å²) in [5.41, 5.74) is 3.08. The number of nitrogens with zero attached hydrogens (tertiary/aromatic N) is 2. The van der Waals surface area contributed by atoms with Gasteiger partial charge in [-0.1, -0.05) is 50.2 Å². The molecule has 1 aromatic heterocycles. The first-order valence-corrected chi connectivity index (χ1v) is 9.25. The van der Waals surface area contributed by atoms with E-state index in [0.29, 0.717) is 12.5 Å². The van der Waals surface area contributed by atoms with Crippen LogP contribution in [0.2, 0.25) is 0 Å². The molecule has 1 N–H and O–H groups in total. The largest absolute Gasteiger partial charge is 0.483 e. The number of carbonyl (C=O) groups excluding carboxylic acids is 1. The Morgan fingerprint density at radius 2 is 1.93 bits per heavy atom. The van der Waals surface area contributed by atoms with E-state index in [0.717, 1.165) is 29.0 Å². The first kappa shape index (κ1) is 18.7. The van der Waals surface area contributed by atoms with Gasteiger partial charge in [0.25, 0.3) is 5.91 Å². The van der Waals surface area contributed by atoms with Crippen LogP contribution in [0.3, 0.4) is 0 Å². The molecule has 1 unspecified atom stereocenters. The summed E-state index contributed by atoms with van der Waals surface area (Å²) in [5.74, 6) is 1.02. The maximum Gasteiger partial charge on any atom is 0.258 e. The van der Waals surface area contributed by atoms with Gasteiger partial charge in [0.2, 0.25) is 0 Å². The standard InChI is InChI=1S/C22H25N3O2/c1-3-17(2)19-10-5-7-12-21(19)27-16-22(26)23-15-18-9-4-6-11-20(18)25-14-8-13-24-25/h4-14,17H,3,15-16H2,1-2H3,(H,23,26). The molecule has 0 saturated carbocycles. The van der Waals surface area contributed by atoms with Gasteiger partial charge in [-0.3, -0.25) is 4.79 Å². The number of benzene rings is 2. The quantitative estimate of drug-likeness (QED) is 0.656. The highest BCUT2D eigenvalue weighted by molar-refractivity contribution is 5.77. The molecule has 27 heavy (non-hydrogen) atoms. The monoisotopic (exact) mass is 363 g/mol. The Balaban J connectivity index is 1.59. The van der Waals surface area contributed by atoms with E-state index < -0.39 is 0 Å². The zero-order chi connectivity index (χ0) is 19.1. The SMILES string of the molecule is CCC(C)c1ccccc1OCC(=O)NCc1ccccc1-n1cccn1. The zero-order valence-electron chi connectivity index (χ0n) is 15.8. The topological polar surface area (TPSA) is 56.1 Å². The van der Waals surface area contributed by atoms with Crippen molar-refractivity contribution < 1.29 is 9.53 Å². The van der Waals surface area contributed by atoms with Crippen LogP contribution in [0.15, 0.2) is 67.0 Å². The van der Waals surface area contributed by atoms with Gasteiger partial charge in [0, 0.05) is 18.9 Å². The number of amides is 1. The van der Waals surface area contributed by atoms with Crippen molar-refractivity contribution in [3.8, 4) is 11.4 Å². The molecule has 2 aromatic carbocycles. The van der Waals surface area contributed by atoms with Crippen LogP contribution in [-0.2, 0) is 11.3 Å². The fourth-order valence-corrected chi connectivity index (χ4v) is 2.92. The summed E-state index contributed by atoms with van der Waals surface area (Å²) < 4.78 is 7.58. The Labute approximate surface area is 160 Å². The van der Waals surface area contributed by atoms with Crippen LogP contribution >= 0.6 is 0 Å². The molecular formula is C22H25N3O2. The van der Waals surface area contributed by atoms with E-state index >= 15 is 0 Å². The summed E-state index contributed by atoms with van der Waals surface area (Å²) in [6.45, 7) is 4.72. The minimum Gasteiger partial charge on any atom is -0.483 e. The Morgan fingerprint density at radius 3 is 2.70 bits per heavy atom. The van der Waals surface area contributed by atoms with Crippen molar-refractivity contribution in [1.82, 2.24) is 15.1 Å². The van der Waals surface area contributed by atoms with Crippen molar-refractivity contribution in [3.05, 3.63) is 78.1 Å². The second-order valence-corrected chi connectivity index (χ2v) is 6.49. The van der Waals surface area contributed by atoms with Crippen LogP contribution in [0.4, 0.5) is 0 Å². The minimum atomic E-state index is -0.149. The van der Waals surface area contributed by atoms with Crippen molar-refractivity contribution in [3.63, 3.8) is 0 Å². The molecule has 3 aromatic rings. The first-order valence-electron chi connectivity index (χ1n) is 9.25. The molecule has 0 aliphatic rings. The number of para-hydroxylation sites is 2. The van der Waals surface area contributed by atoms with Gasteiger partial charge in [0.1, 0.15) is 5.75 Å². The molecule has 0 aliphatic heterocycles. The number of hydrogen-bond donors (Lipinski definition) is 1. The van der Waals surface area contributed by atoms with Gasteiger partial charge in [0.15, 0.2) is 6.61 Å². The van der Waals surface area contributed by atoms with Crippen LogP contribution in [-0.4, -0.2) is 22.3 Å². The molecule has 0 saturated heterocycles. The second kappa shape index (κ2) is 9.03. The van der Waals surface area contributed by atoms with Crippen LogP contribution < -0.4 is 10.1 Å². The van der Waals surface area contributed by atoms with Gasteiger partial charge in [0.05, 0.1) is 5.69 Å². The first-order chi connectivity index (χ1) is 13.2. The van der Waals surface area contributed by atoms with Crippen LogP contribution in [0.25, 0.3) is 5.69 Å². The molecule has 0 fully saturated rings. The fourth-order valence-electron chi connectivity index (χ4n) is 2.92. The molecule has 5 heteroatoms. The van der Waals surface area contributed by atoms with Gasteiger partial charge < -0.3 is 10.1 Å². The fraction of sp³-hybridized carbons (Fsp3) is 0.273. The second-order valence-electron chi connectivity index (χ2n) is 6.49. The van der Waals surface area contributed by atoms with Crippen molar-refractivity contribution >= 4 is 5.91 Å². The number of hydrogen-bond acceptors (Lipinski definition) is 3. The minimum absolute atomic E-state index is 0.00259. The van der Waals surface area contributed by atoms with Gasteiger partial charge in [-0.05, 0) is 41.7 Å². The lowest BCUT2D eigenvalue weighted by Crippen LogP contribution is -2.29. The van der Waals surface area contributed by atoms with Gasteiger partial charge in [-0.25, -0.2) is 4.68 Å². The number of carbonyl (C=O) groups is 1. The number of aromatic nitrogens is 2. The number of rotatable bonds is 8. The third-order valence-electron chi connectivity index (χ3n) is 4.64. The molecule has 0 bridgehead atoms. The molecular weight excluding hydrogens is 338 g/mol. The van der Waals surface area contributed by atoms with E-state index in [-0.39, 0.29) is 12.5 Å². The Morgan fingerprint density at radius 1 is 1.15 bits per heavy atom. The van der Waals surface area contributed by atoms with Gasteiger partial charge >= 0.3 is 0 Å². The van der Waals surface area contributed by atoms with Crippen molar-refractivity contribution in [2.75, 3.05) is 6.61 Å². The molecule has 5 nitrogen and oxygen atoms in total. The number of nitrogens with one attached hydrogen (secondary N) is 1. The molecule has 140 valence electrons. The summed E-state index contributed by atoms with van der Waals surface area (Å²) in [5, 5.41) is 7.19. The third kappa shape index (κ3) is 4.76. The molecule has 0 radical (unpaired) electrons. The average Bonchev–Trinajstić information content (AvgIpc) is 3.25. The summed E-state index contributed by atoms with van der Waals surface area (Å²) in [4.78, 5) is 12.3. The summed E-state index contributed by atoms with van der Waals surface area (Å²) in [6, 6.07) is 17.6. The highest BCUT2D eigenvalue weighted by atomic mass is 16.5.